The van der Waals surface area contributed by atoms with Crippen molar-refractivity contribution in [1.82, 2.24) is 0 Å². The lowest BCUT2D eigenvalue weighted by Crippen LogP contribution is -2.06. The van der Waals surface area contributed by atoms with Crippen LogP contribution in [0.3, 0.4) is 0 Å². The van der Waals surface area contributed by atoms with Gasteiger partial charge in [-0.1, -0.05) is 90.1 Å². The minimum atomic E-state index is 0.212. The van der Waals surface area contributed by atoms with Crippen LogP contribution in [-0.2, 0) is 0 Å². The van der Waals surface area contributed by atoms with Crippen LogP contribution in [-0.4, -0.2) is 9.49 Å². The molecule has 0 N–H and O–H groups in total. The van der Waals surface area contributed by atoms with E-state index in [1.54, 1.807) is 0 Å². The lowest BCUT2D eigenvalue weighted by atomic mass is 10.1. The van der Waals surface area contributed by atoms with E-state index >= 15 is 0 Å². The van der Waals surface area contributed by atoms with Crippen molar-refractivity contribution in [3.63, 3.8) is 0 Å². The van der Waals surface area contributed by atoms with Gasteiger partial charge < -0.3 is 0 Å². The first kappa shape index (κ1) is 27.9. The molecule has 0 spiro atoms. The number of hydrogen-bond donors (Lipinski definition) is 0. The van der Waals surface area contributed by atoms with Crippen molar-refractivity contribution in [3.05, 3.63) is 90.1 Å². The second-order valence-electron chi connectivity index (χ2n) is 10.1. The predicted octanol–water partition coefficient (Wildman–Crippen LogP) is 11.0. The topological polar surface area (TPSA) is 0 Å². The van der Waals surface area contributed by atoms with Crippen LogP contribution in [0.25, 0.3) is 24.3 Å². The first-order chi connectivity index (χ1) is 15.9. The van der Waals surface area contributed by atoms with E-state index in [4.69, 9.17) is 0 Å². The lowest BCUT2D eigenvalue weighted by molar-refractivity contribution is 0.802. The average molecular weight is 711 g/mol. The molecule has 0 amide bonds. The van der Waals surface area contributed by atoms with Crippen LogP contribution in [0.1, 0.15) is 63.8 Å². The van der Waals surface area contributed by atoms with Crippen molar-refractivity contribution in [3.8, 4) is 0 Å². The molecule has 0 aliphatic heterocycles. The Morgan fingerprint density at radius 1 is 0.559 bits per heavy atom. The Hall–Kier alpha value is -0.700. The normalized spacial score (nSPS) is 12.7. The van der Waals surface area contributed by atoms with Gasteiger partial charge in [0.05, 0.1) is 0 Å². The molecule has 0 saturated heterocycles. The molecular weight excluding hydrogens is 678 g/mol. The highest BCUT2D eigenvalue weighted by molar-refractivity contribution is 14.1. The molecule has 0 nitrogen and oxygen atoms in total. The van der Waals surface area contributed by atoms with Gasteiger partial charge in [-0.3, -0.25) is 0 Å². The molecule has 3 rings (SSSR count). The van der Waals surface area contributed by atoms with Crippen LogP contribution in [0.4, 0.5) is 0 Å². The van der Waals surface area contributed by atoms with E-state index in [-0.39, 0.29) is 9.49 Å². The summed E-state index contributed by atoms with van der Waals surface area (Å²) in [5.41, 5.74) is 4.97. The lowest BCUT2D eigenvalue weighted by Gasteiger charge is -2.17. The fourth-order valence-corrected chi connectivity index (χ4v) is 6.72. The molecule has 0 saturated carbocycles. The number of benzene rings is 3. The number of rotatable bonds is 6. The second-order valence-corrected chi connectivity index (χ2v) is 16.3. The molecule has 178 valence electrons. The second kappa shape index (κ2) is 12.0. The van der Waals surface area contributed by atoms with Crippen molar-refractivity contribution in [2.75, 3.05) is 0 Å². The third-order valence-electron chi connectivity index (χ3n) is 4.59. The number of halogens is 2. The van der Waals surface area contributed by atoms with Crippen LogP contribution in [0.5, 0.6) is 0 Å². The predicted molar refractivity (Wildman–Crippen MR) is 174 cm³/mol. The summed E-state index contributed by atoms with van der Waals surface area (Å²) in [7, 11) is 0. The Morgan fingerprint density at radius 3 is 1.29 bits per heavy atom. The van der Waals surface area contributed by atoms with Crippen molar-refractivity contribution in [2.45, 2.75) is 60.8 Å². The molecule has 0 atom stereocenters. The summed E-state index contributed by atoms with van der Waals surface area (Å²) in [5.74, 6) is 0. The number of thioether (sulfide) groups is 2. The van der Waals surface area contributed by atoms with Gasteiger partial charge in [0.15, 0.2) is 0 Å². The molecule has 0 heterocycles. The molecule has 3 aromatic rings. The smallest absolute Gasteiger partial charge is 0.0209 e. The van der Waals surface area contributed by atoms with Crippen molar-refractivity contribution < 1.29 is 0 Å². The standard InChI is InChI=1S/C30H32I2S2/c1-29(2,3)33-25-11-7-9-21(17-25)13-15-23-19-28(32)24(20-27(23)31)16-14-22-10-8-12-26(18-22)34-30(4,5)6/h7-20H,1-6H3/b15-13+,16-14+. The summed E-state index contributed by atoms with van der Waals surface area (Å²) < 4.78 is 2.94. The van der Waals surface area contributed by atoms with Crippen molar-refractivity contribution in [1.29, 1.82) is 0 Å². The molecule has 0 bridgehead atoms. The molecule has 0 aromatic heterocycles. The van der Waals surface area contributed by atoms with Gasteiger partial charge in [-0.2, -0.15) is 0 Å². The quantitative estimate of drug-likeness (QED) is 0.142. The van der Waals surface area contributed by atoms with Crippen molar-refractivity contribution >= 4 is 93.0 Å². The van der Waals surface area contributed by atoms with E-state index in [9.17, 15) is 0 Å². The van der Waals surface area contributed by atoms with E-state index in [2.05, 4.69) is 172 Å². The van der Waals surface area contributed by atoms with Crippen LogP contribution in [0.2, 0.25) is 0 Å². The Bertz CT molecular complexity index is 1100. The van der Waals surface area contributed by atoms with Gasteiger partial charge in [-0.05, 0) is 104 Å². The highest BCUT2D eigenvalue weighted by Crippen LogP contribution is 2.33. The SMILES string of the molecule is CC(C)(C)Sc1cccc(/C=C/c2cc(I)c(/C=C/c3cccc(SC(C)(C)C)c3)cc2I)c1. The highest BCUT2D eigenvalue weighted by atomic mass is 127. The van der Waals surface area contributed by atoms with E-state index in [1.807, 2.05) is 23.5 Å². The van der Waals surface area contributed by atoms with Gasteiger partial charge in [0.2, 0.25) is 0 Å². The zero-order valence-electron chi connectivity index (χ0n) is 20.7. The zero-order valence-corrected chi connectivity index (χ0v) is 26.6. The van der Waals surface area contributed by atoms with E-state index in [0.717, 1.165) is 0 Å². The zero-order chi connectivity index (χ0) is 24.9. The minimum Gasteiger partial charge on any atom is -0.120 e. The summed E-state index contributed by atoms with van der Waals surface area (Å²) in [6.45, 7) is 13.5. The van der Waals surface area contributed by atoms with Crippen LogP contribution < -0.4 is 0 Å². The Morgan fingerprint density at radius 2 is 0.941 bits per heavy atom. The van der Waals surface area contributed by atoms with Gasteiger partial charge in [0.25, 0.3) is 0 Å². The summed E-state index contributed by atoms with van der Waals surface area (Å²) in [4.78, 5) is 2.62. The summed E-state index contributed by atoms with van der Waals surface area (Å²) >= 11 is 8.71. The van der Waals surface area contributed by atoms with Gasteiger partial charge in [-0.25, -0.2) is 0 Å². The van der Waals surface area contributed by atoms with Gasteiger partial charge in [0, 0.05) is 26.4 Å². The Balaban J connectivity index is 1.77. The van der Waals surface area contributed by atoms with E-state index in [1.165, 1.54) is 39.2 Å². The fraction of sp³-hybridized carbons (Fsp3) is 0.267. The largest absolute Gasteiger partial charge is 0.120 e. The first-order valence-electron chi connectivity index (χ1n) is 11.3. The van der Waals surface area contributed by atoms with E-state index < -0.39 is 0 Å². The third-order valence-corrected chi connectivity index (χ3v) is 8.66. The summed E-state index contributed by atoms with van der Waals surface area (Å²) in [6.07, 6.45) is 8.89. The molecule has 0 aliphatic rings. The highest BCUT2D eigenvalue weighted by Gasteiger charge is 2.13. The Labute approximate surface area is 241 Å². The van der Waals surface area contributed by atoms with Gasteiger partial charge in [0.1, 0.15) is 0 Å². The molecule has 4 heteroatoms. The number of hydrogen-bond acceptors (Lipinski definition) is 2. The average Bonchev–Trinajstić information content (AvgIpc) is 2.71. The van der Waals surface area contributed by atoms with Crippen molar-refractivity contribution in [2.24, 2.45) is 0 Å². The van der Waals surface area contributed by atoms with Crippen LogP contribution in [0.15, 0.2) is 70.5 Å². The maximum atomic E-state index is 2.45. The molecule has 34 heavy (non-hydrogen) atoms. The molecule has 0 unspecified atom stereocenters. The molecular formula is C30H32I2S2. The summed E-state index contributed by atoms with van der Waals surface area (Å²) in [6, 6.07) is 22.1. The Kier molecular flexibility index (Phi) is 9.86. The van der Waals surface area contributed by atoms with Gasteiger partial charge >= 0.3 is 0 Å². The van der Waals surface area contributed by atoms with Crippen LogP contribution >= 0.6 is 68.7 Å². The molecule has 3 aromatic carbocycles. The molecule has 0 radical (unpaired) electrons. The van der Waals surface area contributed by atoms with Gasteiger partial charge in [-0.15, -0.1) is 23.5 Å². The molecule has 0 aliphatic carbocycles. The maximum Gasteiger partial charge on any atom is 0.0209 e. The molecule has 0 fully saturated rings. The maximum absolute atomic E-state index is 2.45. The fourth-order valence-electron chi connectivity index (χ4n) is 3.28. The van der Waals surface area contributed by atoms with E-state index in [0.29, 0.717) is 0 Å². The minimum absolute atomic E-state index is 0.212. The van der Waals surface area contributed by atoms with Crippen LogP contribution in [0, 0.1) is 7.14 Å². The first-order valence-corrected chi connectivity index (χ1v) is 15.1. The summed E-state index contributed by atoms with van der Waals surface area (Å²) in [5, 5.41) is 0. The third kappa shape index (κ3) is 9.40. The monoisotopic (exact) mass is 710 g/mol.